The molecule has 4 atom stereocenters. The molecule has 1 saturated carbocycles. The maximum Gasteiger partial charge on any atom is 0.334 e. The largest absolute Gasteiger partial charge is 0.450 e. The molecular formula is C15H20O2. The lowest BCUT2D eigenvalue weighted by Gasteiger charge is -2.48. The summed E-state index contributed by atoms with van der Waals surface area (Å²) in [6.45, 7) is 8.40. The Morgan fingerprint density at radius 3 is 2.94 bits per heavy atom. The van der Waals surface area contributed by atoms with E-state index in [2.05, 4.69) is 26.5 Å². The average Bonchev–Trinajstić information content (AvgIpc) is 2.50. The molecule has 3 rings (SSSR count). The van der Waals surface area contributed by atoms with Crippen molar-refractivity contribution in [3.05, 3.63) is 23.8 Å². The van der Waals surface area contributed by atoms with Gasteiger partial charge in [-0.1, -0.05) is 19.1 Å². The topological polar surface area (TPSA) is 26.3 Å². The molecule has 0 N–H and O–H groups in total. The van der Waals surface area contributed by atoms with E-state index in [-0.39, 0.29) is 17.5 Å². The number of carbonyl (C=O) groups excluding carboxylic acids is 1. The van der Waals surface area contributed by atoms with Gasteiger partial charge in [-0.3, -0.25) is 0 Å². The Bertz CT molecular complexity index is 421. The van der Waals surface area contributed by atoms with Gasteiger partial charge in [-0.25, -0.2) is 4.79 Å². The maximum absolute atomic E-state index is 11.9. The highest BCUT2D eigenvalue weighted by Gasteiger charge is 2.58. The van der Waals surface area contributed by atoms with Crippen LogP contribution in [0.25, 0.3) is 0 Å². The van der Waals surface area contributed by atoms with Crippen LogP contribution in [0.2, 0.25) is 0 Å². The molecule has 0 aromatic rings. The summed E-state index contributed by atoms with van der Waals surface area (Å²) in [4.78, 5) is 11.9. The number of hydrogen-bond donors (Lipinski definition) is 0. The van der Waals surface area contributed by atoms with Crippen LogP contribution in [0.4, 0.5) is 0 Å². The molecule has 0 bridgehead atoms. The quantitative estimate of drug-likeness (QED) is 0.364. The average molecular weight is 232 g/mol. The Labute approximate surface area is 103 Å². The van der Waals surface area contributed by atoms with E-state index in [0.717, 1.165) is 19.3 Å². The molecule has 0 aromatic heterocycles. The summed E-state index contributed by atoms with van der Waals surface area (Å²) in [5.41, 5.74) is 1.73. The minimum Gasteiger partial charge on any atom is -0.450 e. The summed E-state index contributed by atoms with van der Waals surface area (Å²) in [6.07, 6.45) is 6.78. The second kappa shape index (κ2) is 3.47. The molecule has 1 heterocycles. The Kier molecular flexibility index (Phi) is 2.26. The van der Waals surface area contributed by atoms with Gasteiger partial charge in [0.2, 0.25) is 0 Å². The van der Waals surface area contributed by atoms with Gasteiger partial charge in [-0.05, 0) is 44.6 Å². The minimum atomic E-state index is -0.339. The second-order valence-corrected chi connectivity index (χ2v) is 6.01. The first-order valence-corrected chi connectivity index (χ1v) is 6.65. The third-order valence-corrected chi connectivity index (χ3v) is 5.00. The predicted molar refractivity (Wildman–Crippen MR) is 66.3 cm³/mol. The lowest BCUT2D eigenvalue weighted by atomic mass is 9.59. The summed E-state index contributed by atoms with van der Waals surface area (Å²) >= 11 is 0. The van der Waals surface area contributed by atoms with Crippen molar-refractivity contribution in [3.8, 4) is 0 Å². The molecule has 2 aliphatic carbocycles. The van der Waals surface area contributed by atoms with E-state index in [1.54, 1.807) is 0 Å². The van der Waals surface area contributed by atoms with Gasteiger partial charge in [0.15, 0.2) is 0 Å². The van der Waals surface area contributed by atoms with Crippen LogP contribution in [-0.2, 0) is 9.53 Å². The third-order valence-electron chi connectivity index (χ3n) is 5.00. The van der Waals surface area contributed by atoms with E-state index in [1.165, 1.54) is 12.0 Å². The highest BCUT2D eigenvalue weighted by atomic mass is 16.6. The van der Waals surface area contributed by atoms with Gasteiger partial charge in [-0.15, -0.1) is 0 Å². The van der Waals surface area contributed by atoms with Gasteiger partial charge >= 0.3 is 5.97 Å². The lowest BCUT2D eigenvalue weighted by molar-refractivity contribution is -0.153. The summed E-state index contributed by atoms with van der Waals surface area (Å²) in [7, 11) is 0. The van der Waals surface area contributed by atoms with Crippen molar-refractivity contribution in [2.24, 2.45) is 17.8 Å². The van der Waals surface area contributed by atoms with Gasteiger partial charge in [0, 0.05) is 17.4 Å². The van der Waals surface area contributed by atoms with Gasteiger partial charge in [-0.2, -0.15) is 0 Å². The SMILES string of the molecule is C=C1C(=O)O[C@@]23C=C(C)CC[C@@H]2[C@@H](C)CC[C@H]13. The van der Waals surface area contributed by atoms with Crippen LogP contribution >= 0.6 is 0 Å². The second-order valence-electron chi connectivity index (χ2n) is 6.01. The molecule has 0 amide bonds. The lowest BCUT2D eigenvalue weighted by Crippen LogP contribution is -2.49. The van der Waals surface area contributed by atoms with Gasteiger partial charge in [0.05, 0.1) is 0 Å². The molecule has 3 aliphatic rings. The highest BCUT2D eigenvalue weighted by Crippen LogP contribution is 2.55. The molecule has 2 heteroatoms. The van der Waals surface area contributed by atoms with E-state index in [0.29, 0.717) is 17.4 Å². The van der Waals surface area contributed by atoms with Crippen molar-refractivity contribution >= 4 is 5.97 Å². The molecule has 0 radical (unpaired) electrons. The smallest absolute Gasteiger partial charge is 0.334 e. The summed E-state index contributed by atoms with van der Waals surface area (Å²) in [5, 5.41) is 0. The van der Waals surface area contributed by atoms with Crippen LogP contribution in [0.1, 0.15) is 39.5 Å². The fourth-order valence-corrected chi connectivity index (χ4v) is 4.11. The Morgan fingerprint density at radius 2 is 2.18 bits per heavy atom. The van der Waals surface area contributed by atoms with Crippen molar-refractivity contribution in [3.63, 3.8) is 0 Å². The first-order valence-electron chi connectivity index (χ1n) is 6.65. The third kappa shape index (κ3) is 1.36. The molecule has 1 aliphatic heterocycles. The minimum absolute atomic E-state index is 0.167. The fraction of sp³-hybridized carbons (Fsp3) is 0.667. The number of carbonyl (C=O) groups is 1. The highest BCUT2D eigenvalue weighted by molar-refractivity contribution is 5.92. The van der Waals surface area contributed by atoms with Crippen LogP contribution < -0.4 is 0 Å². The first-order chi connectivity index (χ1) is 8.04. The Balaban J connectivity index is 2.11. The molecule has 2 nitrogen and oxygen atoms in total. The standard InChI is InChI=1S/C15H20O2/c1-9-4-6-12-10(2)5-7-13-11(3)14(16)17-15(12,13)8-9/h8,10,12-13H,3-7H2,1-2H3/t10-,12+,13+,15-/m0/s1. The maximum atomic E-state index is 11.9. The summed E-state index contributed by atoms with van der Waals surface area (Å²) in [5.74, 6) is 1.20. The van der Waals surface area contributed by atoms with Crippen LogP contribution in [0.5, 0.6) is 0 Å². The van der Waals surface area contributed by atoms with Crippen molar-refractivity contribution in [1.29, 1.82) is 0 Å². The predicted octanol–water partition coefficient (Wildman–Crippen LogP) is 3.24. The Hall–Kier alpha value is -1.05. The fourth-order valence-electron chi connectivity index (χ4n) is 4.11. The van der Waals surface area contributed by atoms with E-state index >= 15 is 0 Å². The number of allylic oxidation sites excluding steroid dienone is 1. The van der Waals surface area contributed by atoms with Crippen LogP contribution in [0.15, 0.2) is 23.8 Å². The number of hydrogen-bond acceptors (Lipinski definition) is 2. The monoisotopic (exact) mass is 232 g/mol. The number of ether oxygens (including phenoxy) is 1. The molecule has 17 heavy (non-hydrogen) atoms. The van der Waals surface area contributed by atoms with Crippen molar-refractivity contribution in [2.75, 3.05) is 0 Å². The van der Waals surface area contributed by atoms with E-state index in [1.807, 2.05) is 0 Å². The summed E-state index contributed by atoms with van der Waals surface area (Å²) < 4.78 is 5.80. The molecule has 1 spiro atoms. The van der Waals surface area contributed by atoms with Gasteiger partial charge < -0.3 is 4.74 Å². The molecule has 0 aromatic carbocycles. The molecular weight excluding hydrogens is 212 g/mol. The molecule has 0 unspecified atom stereocenters. The van der Waals surface area contributed by atoms with Crippen LogP contribution in [-0.4, -0.2) is 11.6 Å². The zero-order valence-corrected chi connectivity index (χ0v) is 10.7. The number of esters is 1. The van der Waals surface area contributed by atoms with Crippen LogP contribution in [0.3, 0.4) is 0 Å². The molecule has 1 saturated heterocycles. The van der Waals surface area contributed by atoms with Gasteiger partial charge in [0.25, 0.3) is 0 Å². The molecule has 92 valence electrons. The van der Waals surface area contributed by atoms with E-state index in [9.17, 15) is 4.79 Å². The van der Waals surface area contributed by atoms with E-state index < -0.39 is 0 Å². The Morgan fingerprint density at radius 1 is 1.41 bits per heavy atom. The zero-order valence-electron chi connectivity index (χ0n) is 10.7. The zero-order chi connectivity index (χ0) is 12.2. The van der Waals surface area contributed by atoms with Crippen molar-refractivity contribution < 1.29 is 9.53 Å². The molecule has 2 fully saturated rings. The van der Waals surface area contributed by atoms with E-state index in [4.69, 9.17) is 4.74 Å². The number of rotatable bonds is 0. The summed E-state index contributed by atoms with van der Waals surface area (Å²) in [6, 6.07) is 0. The van der Waals surface area contributed by atoms with Crippen molar-refractivity contribution in [1.82, 2.24) is 0 Å². The first kappa shape index (κ1) is 11.1. The van der Waals surface area contributed by atoms with Gasteiger partial charge in [0.1, 0.15) is 5.60 Å². The normalized spacial score (nSPS) is 44.8. The van der Waals surface area contributed by atoms with Crippen molar-refractivity contribution in [2.45, 2.75) is 45.1 Å². The van der Waals surface area contributed by atoms with Crippen LogP contribution in [0, 0.1) is 17.8 Å².